The van der Waals surface area contributed by atoms with Gasteiger partial charge in [0.25, 0.3) is 0 Å². The summed E-state index contributed by atoms with van der Waals surface area (Å²) in [7, 11) is 0. The largest absolute Gasteiger partial charge is 0.329 e. The van der Waals surface area contributed by atoms with Crippen molar-refractivity contribution in [2.75, 3.05) is 19.6 Å². The van der Waals surface area contributed by atoms with Gasteiger partial charge in [-0.25, -0.2) is 0 Å². The molecule has 1 aromatic heterocycles. The van der Waals surface area contributed by atoms with E-state index in [1.54, 1.807) is 0 Å². The van der Waals surface area contributed by atoms with E-state index in [1.807, 2.05) is 11.3 Å². The lowest BCUT2D eigenvalue weighted by molar-refractivity contribution is 0.192. The Balaban J connectivity index is 2.88. The fourth-order valence-electron chi connectivity index (χ4n) is 2.04. The van der Waals surface area contributed by atoms with E-state index in [1.165, 1.54) is 14.2 Å². The summed E-state index contributed by atoms with van der Waals surface area (Å²) < 4.78 is 1.21. The molecular weight excluding hydrogens is 296 g/mol. The number of hydrogen-bond donors (Lipinski definition) is 1. The molecule has 0 spiro atoms. The van der Waals surface area contributed by atoms with E-state index in [4.69, 9.17) is 5.73 Å². The predicted octanol–water partition coefficient (Wildman–Crippen LogP) is 3.80. The van der Waals surface area contributed by atoms with Crippen LogP contribution in [-0.4, -0.2) is 24.5 Å². The summed E-state index contributed by atoms with van der Waals surface area (Å²) in [5, 5.41) is 0. The lowest BCUT2D eigenvalue weighted by Gasteiger charge is -2.30. The third-order valence-electron chi connectivity index (χ3n) is 2.87. The molecule has 0 aromatic carbocycles. The highest BCUT2D eigenvalue weighted by Gasteiger charge is 2.20. The molecular formula is C13H23BrN2S. The minimum atomic E-state index is 0.359. The molecule has 0 aliphatic carbocycles. The van der Waals surface area contributed by atoms with Crippen LogP contribution in [0.2, 0.25) is 0 Å². The van der Waals surface area contributed by atoms with Crippen molar-refractivity contribution in [3.8, 4) is 0 Å². The quantitative estimate of drug-likeness (QED) is 0.864. The zero-order valence-electron chi connectivity index (χ0n) is 11.2. The molecule has 0 amide bonds. The van der Waals surface area contributed by atoms with Gasteiger partial charge in [0.1, 0.15) is 0 Å². The van der Waals surface area contributed by atoms with Gasteiger partial charge in [-0.2, -0.15) is 0 Å². The highest BCUT2D eigenvalue weighted by atomic mass is 79.9. The van der Waals surface area contributed by atoms with Crippen LogP contribution in [0.15, 0.2) is 10.5 Å². The van der Waals surface area contributed by atoms with E-state index in [9.17, 15) is 0 Å². The minimum Gasteiger partial charge on any atom is -0.329 e. The van der Waals surface area contributed by atoms with Crippen molar-refractivity contribution in [3.63, 3.8) is 0 Å². The van der Waals surface area contributed by atoms with Crippen molar-refractivity contribution in [1.29, 1.82) is 0 Å². The van der Waals surface area contributed by atoms with Crippen LogP contribution in [0.5, 0.6) is 0 Å². The Morgan fingerprint density at radius 2 is 2.12 bits per heavy atom. The van der Waals surface area contributed by atoms with Crippen molar-refractivity contribution < 1.29 is 0 Å². The van der Waals surface area contributed by atoms with Crippen LogP contribution >= 0.6 is 27.3 Å². The van der Waals surface area contributed by atoms with Crippen molar-refractivity contribution >= 4 is 27.3 Å². The third kappa shape index (κ3) is 4.05. The van der Waals surface area contributed by atoms with Crippen LogP contribution < -0.4 is 5.73 Å². The van der Waals surface area contributed by atoms with E-state index < -0.39 is 0 Å². The number of halogens is 1. The Hall–Kier alpha value is 0.1000. The molecule has 0 aliphatic heterocycles. The average Bonchev–Trinajstić information content (AvgIpc) is 2.58. The van der Waals surface area contributed by atoms with Gasteiger partial charge in [-0.05, 0) is 41.4 Å². The zero-order chi connectivity index (χ0) is 13.0. The first-order chi connectivity index (χ1) is 7.99. The topological polar surface area (TPSA) is 29.3 Å². The second-order valence-electron chi connectivity index (χ2n) is 4.79. The first-order valence-corrected chi connectivity index (χ1v) is 7.80. The van der Waals surface area contributed by atoms with Gasteiger partial charge < -0.3 is 5.73 Å². The monoisotopic (exact) mass is 318 g/mol. The number of aryl methyl sites for hydroxylation is 1. The Bertz CT molecular complexity index is 330. The minimum absolute atomic E-state index is 0.359. The molecule has 0 saturated heterocycles. The molecule has 98 valence electrons. The van der Waals surface area contributed by atoms with Crippen LogP contribution in [0.3, 0.4) is 0 Å². The standard InChI is InChI=1S/C13H23BrN2S/c1-5-16(8-9(2)3)12(7-15)13-6-11(14)10(4)17-13/h6,9,12H,5,7-8,15H2,1-4H3. The molecule has 0 radical (unpaired) electrons. The number of thiophene rings is 1. The molecule has 17 heavy (non-hydrogen) atoms. The maximum atomic E-state index is 5.97. The molecule has 0 saturated carbocycles. The van der Waals surface area contributed by atoms with Crippen molar-refractivity contribution in [2.24, 2.45) is 11.7 Å². The van der Waals surface area contributed by atoms with E-state index in [2.05, 4.69) is 54.6 Å². The number of nitrogens with two attached hydrogens (primary N) is 1. The second-order valence-corrected chi connectivity index (χ2v) is 6.93. The molecule has 1 aromatic rings. The van der Waals surface area contributed by atoms with Crippen LogP contribution in [-0.2, 0) is 0 Å². The summed E-state index contributed by atoms with van der Waals surface area (Å²) in [5.41, 5.74) is 5.97. The predicted molar refractivity (Wildman–Crippen MR) is 80.6 cm³/mol. The molecule has 1 rings (SSSR count). The highest BCUT2D eigenvalue weighted by Crippen LogP contribution is 2.33. The molecule has 0 fully saturated rings. The average molecular weight is 319 g/mol. The van der Waals surface area contributed by atoms with Gasteiger partial charge in [0, 0.05) is 27.3 Å². The van der Waals surface area contributed by atoms with Crippen LogP contribution in [0, 0.1) is 12.8 Å². The fraction of sp³-hybridized carbons (Fsp3) is 0.692. The normalized spacial score (nSPS) is 13.6. The molecule has 2 nitrogen and oxygen atoms in total. The molecule has 1 unspecified atom stereocenters. The Kier molecular flexibility index (Phi) is 6.13. The Labute approximate surface area is 117 Å². The van der Waals surface area contributed by atoms with Gasteiger partial charge in [-0.1, -0.05) is 20.8 Å². The molecule has 4 heteroatoms. The Morgan fingerprint density at radius 1 is 1.47 bits per heavy atom. The molecule has 1 atom stereocenters. The van der Waals surface area contributed by atoms with Gasteiger partial charge in [-0.15, -0.1) is 11.3 Å². The van der Waals surface area contributed by atoms with Crippen molar-refractivity contribution in [3.05, 3.63) is 20.3 Å². The number of nitrogens with zero attached hydrogens (tertiary/aromatic N) is 1. The first kappa shape index (κ1) is 15.2. The summed E-state index contributed by atoms with van der Waals surface area (Å²) in [6, 6.07) is 2.58. The highest BCUT2D eigenvalue weighted by molar-refractivity contribution is 9.10. The second kappa shape index (κ2) is 6.88. The van der Waals surface area contributed by atoms with Gasteiger partial charge in [-0.3, -0.25) is 4.90 Å². The molecule has 0 aliphatic rings. The molecule has 1 heterocycles. The number of likely N-dealkylation sites (N-methyl/N-ethyl adjacent to an activating group) is 1. The summed E-state index contributed by atoms with van der Waals surface area (Å²) in [5.74, 6) is 0.675. The van der Waals surface area contributed by atoms with Crippen LogP contribution in [0.4, 0.5) is 0 Å². The first-order valence-electron chi connectivity index (χ1n) is 6.19. The maximum absolute atomic E-state index is 5.97. The van der Waals surface area contributed by atoms with Crippen molar-refractivity contribution in [1.82, 2.24) is 4.90 Å². The van der Waals surface area contributed by atoms with Crippen LogP contribution in [0.1, 0.15) is 36.6 Å². The van der Waals surface area contributed by atoms with Gasteiger partial charge in [0.15, 0.2) is 0 Å². The maximum Gasteiger partial charge on any atom is 0.0564 e. The van der Waals surface area contributed by atoms with Gasteiger partial charge in [0.2, 0.25) is 0 Å². The summed E-state index contributed by atoms with van der Waals surface area (Å²) in [4.78, 5) is 5.18. The van der Waals surface area contributed by atoms with Gasteiger partial charge in [0.05, 0.1) is 6.04 Å². The summed E-state index contributed by atoms with van der Waals surface area (Å²) in [6.07, 6.45) is 0. The van der Waals surface area contributed by atoms with Gasteiger partial charge >= 0.3 is 0 Å². The smallest absolute Gasteiger partial charge is 0.0564 e. The van der Waals surface area contributed by atoms with Crippen molar-refractivity contribution in [2.45, 2.75) is 33.7 Å². The number of hydrogen-bond acceptors (Lipinski definition) is 3. The fourth-order valence-corrected chi connectivity index (χ4v) is 3.75. The summed E-state index contributed by atoms with van der Waals surface area (Å²) >= 11 is 5.44. The third-order valence-corrected chi connectivity index (χ3v) is 5.11. The van der Waals surface area contributed by atoms with E-state index in [-0.39, 0.29) is 0 Å². The number of rotatable bonds is 6. The SMILES string of the molecule is CCN(CC(C)C)C(CN)c1cc(Br)c(C)s1. The van der Waals surface area contributed by atoms with E-state index >= 15 is 0 Å². The molecule has 2 N–H and O–H groups in total. The van der Waals surface area contributed by atoms with E-state index in [0.29, 0.717) is 18.5 Å². The Morgan fingerprint density at radius 3 is 2.47 bits per heavy atom. The zero-order valence-corrected chi connectivity index (χ0v) is 13.6. The lowest BCUT2D eigenvalue weighted by Crippen LogP contribution is -2.35. The van der Waals surface area contributed by atoms with E-state index in [0.717, 1.165) is 13.1 Å². The van der Waals surface area contributed by atoms with Crippen LogP contribution in [0.25, 0.3) is 0 Å². The summed E-state index contributed by atoms with van der Waals surface area (Å²) in [6.45, 7) is 11.7. The lowest BCUT2D eigenvalue weighted by atomic mass is 10.1. The molecule has 0 bridgehead atoms.